The predicted octanol–water partition coefficient (Wildman–Crippen LogP) is 1.34. The Labute approximate surface area is 125 Å². The van der Waals surface area contributed by atoms with Crippen LogP contribution in [-0.2, 0) is 21.3 Å². The number of nitrogens with zero attached hydrogens (tertiary/aromatic N) is 1. The van der Waals surface area contributed by atoms with E-state index < -0.39 is 15.8 Å². The van der Waals surface area contributed by atoms with Crippen LogP contribution in [0, 0.1) is 5.82 Å². The van der Waals surface area contributed by atoms with E-state index in [4.69, 9.17) is 4.74 Å². The van der Waals surface area contributed by atoms with Gasteiger partial charge >= 0.3 is 0 Å². The Kier molecular flexibility index (Phi) is 4.98. The monoisotopic (exact) mass is 316 g/mol. The standard InChI is InChI=1S/C14H21FN2O3S/c1-10-9-20-11(2)8-17(10)21(18,19)14-6-12(7-16-3)4-5-13(14)15/h4-6,10-11,16H,7-9H2,1-3H3. The van der Waals surface area contributed by atoms with Crippen LogP contribution in [-0.4, -0.2) is 45.1 Å². The number of morpholine rings is 1. The second kappa shape index (κ2) is 6.39. The highest BCUT2D eigenvalue weighted by atomic mass is 32.2. The summed E-state index contributed by atoms with van der Waals surface area (Å²) in [5, 5.41) is 2.93. The molecule has 1 aliphatic rings. The van der Waals surface area contributed by atoms with Crippen molar-refractivity contribution in [2.75, 3.05) is 20.2 Å². The van der Waals surface area contributed by atoms with Gasteiger partial charge in [0.05, 0.1) is 12.7 Å². The van der Waals surface area contributed by atoms with E-state index in [1.165, 1.54) is 16.4 Å². The number of nitrogens with one attached hydrogen (secondary N) is 1. The van der Waals surface area contributed by atoms with Gasteiger partial charge in [0.15, 0.2) is 0 Å². The van der Waals surface area contributed by atoms with Gasteiger partial charge in [-0.25, -0.2) is 12.8 Å². The molecule has 0 saturated carbocycles. The first kappa shape index (κ1) is 16.4. The van der Waals surface area contributed by atoms with Gasteiger partial charge in [-0.05, 0) is 38.6 Å². The lowest BCUT2D eigenvalue weighted by atomic mass is 10.2. The summed E-state index contributed by atoms with van der Waals surface area (Å²) in [7, 11) is -2.11. The molecule has 21 heavy (non-hydrogen) atoms. The first-order valence-electron chi connectivity index (χ1n) is 6.92. The Morgan fingerprint density at radius 2 is 2.14 bits per heavy atom. The van der Waals surface area contributed by atoms with Crippen molar-refractivity contribution < 1.29 is 17.5 Å². The molecule has 1 N–H and O–H groups in total. The summed E-state index contributed by atoms with van der Waals surface area (Å²) in [6.45, 7) is 4.61. The quantitative estimate of drug-likeness (QED) is 0.911. The molecule has 2 unspecified atom stereocenters. The summed E-state index contributed by atoms with van der Waals surface area (Å²) in [6, 6.07) is 3.87. The normalized spacial score (nSPS) is 24.2. The first-order valence-corrected chi connectivity index (χ1v) is 8.36. The summed E-state index contributed by atoms with van der Waals surface area (Å²) in [6.07, 6.45) is -0.195. The largest absolute Gasteiger partial charge is 0.375 e. The Morgan fingerprint density at radius 3 is 2.81 bits per heavy atom. The van der Waals surface area contributed by atoms with Crippen molar-refractivity contribution in [2.45, 2.75) is 37.4 Å². The van der Waals surface area contributed by atoms with Crippen LogP contribution in [0.25, 0.3) is 0 Å². The SMILES string of the molecule is CNCc1ccc(F)c(S(=O)(=O)N2CC(C)OCC2C)c1. The van der Waals surface area contributed by atoms with Crippen molar-refractivity contribution in [3.8, 4) is 0 Å². The molecule has 1 aromatic rings. The van der Waals surface area contributed by atoms with E-state index in [2.05, 4.69) is 5.32 Å². The average Bonchev–Trinajstić information content (AvgIpc) is 2.43. The second-order valence-corrected chi connectivity index (χ2v) is 7.22. The van der Waals surface area contributed by atoms with Crippen molar-refractivity contribution in [2.24, 2.45) is 0 Å². The molecule has 0 bridgehead atoms. The molecule has 0 aliphatic carbocycles. The Hall–Kier alpha value is -1.02. The molecule has 1 heterocycles. The first-order chi connectivity index (χ1) is 9.86. The van der Waals surface area contributed by atoms with Gasteiger partial charge in [0.2, 0.25) is 10.0 Å². The van der Waals surface area contributed by atoms with E-state index in [0.29, 0.717) is 13.2 Å². The highest BCUT2D eigenvalue weighted by molar-refractivity contribution is 7.89. The maximum absolute atomic E-state index is 14.0. The van der Waals surface area contributed by atoms with Crippen LogP contribution in [0.2, 0.25) is 0 Å². The lowest BCUT2D eigenvalue weighted by Gasteiger charge is -2.35. The minimum absolute atomic E-state index is 0.195. The molecule has 5 nitrogen and oxygen atoms in total. The number of sulfonamides is 1. The van der Waals surface area contributed by atoms with Gasteiger partial charge in [-0.2, -0.15) is 4.31 Å². The third-order valence-corrected chi connectivity index (χ3v) is 5.51. The lowest BCUT2D eigenvalue weighted by molar-refractivity contribution is -0.0171. The van der Waals surface area contributed by atoms with Crippen LogP contribution in [0.3, 0.4) is 0 Å². The molecule has 7 heteroatoms. The van der Waals surface area contributed by atoms with Gasteiger partial charge in [-0.3, -0.25) is 0 Å². The maximum Gasteiger partial charge on any atom is 0.246 e. The molecule has 1 aromatic carbocycles. The van der Waals surface area contributed by atoms with Crippen LogP contribution in [0.1, 0.15) is 19.4 Å². The Morgan fingerprint density at radius 1 is 1.43 bits per heavy atom. The summed E-state index contributed by atoms with van der Waals surface area (Å²) in [4.78, 5) is -0.267. The van der Waals surface area contributed by atoms with Gasteiger partial charge < -0.3 is 10.1 Å². The van der Waals surface area contributed by atoms with Gasteiger partial charge in [-0.15, -0.1) is 0 Å². The molecule has 1 saturated heterocycles. The lowest BCUT2D eigenvalue weighted by Crippen LogP contribution is -2.50. The number of rotatable bonds is 4. The third-order valence-electron chi connectivity index (χ3n) is 3.51. The summed E-state index contributed by atoms with van der Waals surface area (Å²) >= 11 is 0. The van der Waals surface area contributed by atoms with E-state index >= 15 is 0 Å². The van der Waals surface area contributed by atoms with Gasteiger partial charge in [0.1, 0.15) is 10.7 Å². The van der Waals surface area contributed by atoms with Crippen LogP contribution >= 0.6 is 0 Å². The summed E-state index contributed by atoms with van der Waals surface area (Å²) < 4.78 is 46.2. The van der Waals surface area contributed by atoms with Crippen molar-refractivity contribution in [1.29, 1.82) is 0 Å². The van der Waals surface area contributed by atoms with E-state index in [1.807, 2.05) is 6.92 Å². The fraction of sp³-hybridized carbons (Fsp3) is 0.571. The van der Waals surface area contributed by atoms with E-state index in [0.717, 1.165) is 5.56 Å². The number of hydrogen-bond acceptors (Lipinski definition) is 4. The van der Waals surface area contributed by atoms with Crippen LogP contribution in [0.15, 0.2) is 23.1 Å². The van der Waals surface area contributed by atoms with Crippen molar-refractivity contribution in [1.82, 2.24) is 9.62 Å². The van der Waals surface area contributed by atoms with Crippen molar-refractivity contribution >= 4 is 10.0 Å². The molecule has 0 amide bonds. The molecule has 0 aromatic heterocycles. The zero-order valence-corrected chi connectivity index (χ0v) is 13.3. The van der Waals surface area contributed by atoms with Crippen LogP contribution < -0.4 is 5.32 Å². The maximum atomic E-state index is 14.0. The third kappa shape index (κ3) is 3.42. The molecular formula is C14H21FN2O3S. The molecular weight excluding hydrogens is 295 g/mol. The average molecular weight is 316 g/mol. The fourth-order valence-corrected chi connectivity index (χ4v) is 4.20. The number of benzene rings is 1. The van der Waals surface area contributed by atoms with Gasteiger partial charge in [0, 0.05) is 19.1 Å². The number of ether oxygens (including phenoxy) is 1. The number of halogens is 1. The fourth-order valence-electron chi connectivity index (χ4n) is 2.39. The summed E-state index contributed by atoms with van der Waals surface area (Å²) in [5.41, 5.74) is 0.728. The van der Waals surface area contributed by atoms with Crippen molar-refractivity contribution in [3.63, 3.8) is 0 Å². The molecule has 1 aliphatic heterocycles. The zero-order chi connectivity index (χ0) is 15.6. The molecule has 1 fully saturated rings. The van der Waals surface area contributed by atoms with Crippen LogP contribution in [0.5, 0.6) is 0 Å². The smallest absolute Gasteiger partial charge is 0.246 e. The van der Waals surface area contributed by atoms with E-state index in [-0.39, 0.29) is 23.6 Å². The Bertz CT molecular complexity index is 606. The molecule has 118 valence electrons. The zero-order valence-electron chi connectivity index (χ0n) is 12.5. The Balaban J connectivity index is 2.40. The molecule has 2 atom stereocenters. The van der Waals surface area contributed by atoms with Crippen LogP contribution in [0.4, 0.5) is 4.39 Å². The summed E-state index contributed by atoms with van der Waals surface area (Å²) in [5.74, 6) is -0.721. The topological polar surface area (TPSA) is 58.6 Å². The van der Waals surface area contributed by atoms with Gasteiger partial charge in [0.25, 0.3) is 0 Å². The van der Waals surface area contributed by atoms with E-state index in [9.17, 15) is 12.8 Å². The second-order valence-electron chi connectivity index (χ2n) is 5.36. The minimum atomic E-state index is -3.87. The minimum Gasteiger partial charge on any atom is -0.375 e. The molecule has 2 rings (SSSR count). The number of hydrogen-bond donors (Lipinski definition) is 1. The predicted molar refractivity (Wildman–Crippen MR) is 77.9 cm³/mol. The molecule has 0 radical (unpaired) electrons. The molecule has 0 spiro atoms. The highest BCUT2D eigenvalue weighted by Crippen LogP contribution is 2.25. The highest BCUT2D eigenvalue weighted by Gasteiger charge is 2.35. The van der Waals surface area contributed by atoms with E-state index in [1.54, 1.807) is 20.0 Å². The van der Waals surface area contributed by atoms with Gasteiger partial charge in [-0.1, -0.05) is 6.07 Å². The van der Waals surface area contributed by atoms with Crippen molar-refractivity contribution in [3.05, 3.63) is 29.6 Å².